The van der Waals surface area contributed by atoms with Gasteiger partial charge in [0.15, 0.2) is 0 Å². The minimum Gasteiger partial charge on any atom is -0.373 e. The summed E-state index contributed by atoms with van der Waals surface area (Å²) in [6.45, 7) is 1.29. The molecule has 1 atom stereocenters. The molecule has 1 aliphatic heterocycles. The highest BCUT2D eigenvalue weighted by atomic mass is 16.2. The predicted molar refractivity (Wildman–Crippen MR) is 121 cm³/mol. The van der Waals surface area contributed by atoms with Crippen LogP contribution in [0.3, 0.4) is 0 Å². The number of rotatable bonds is 4. The number of benzene rings is 1. The highest BCUT2D eigenvalue weighted by Gasteiger charge is 2.27. The van der Waals surface area contributed by atoms with E-state index in [2.05, 4.69) is 15.3 Å². The molecule has 1 fully saturated rings. The van der Waals surface area contributed by atoms with Crippen LogP contribution in [0.15, 0.2) is 54.9 Å². The molecule has 0 radical (unpaired) electrons. The van der Waals surface area contributed by atoms with Crippen molar-refractivity contribution in [2.75, 3.05) is 32.5 Å². The van der Waals surface area contributed by atoms with Gasteiger partial charge in [0.25, 0.3) is 11.8 Å². The summed E-state index contributed by atoms with van der Waals surface area (Å²) in [4.78, 5) is 38.5. The lowest BCUT2D eigenvalue weighted by molar-refractivity contribution is 0.0707. The van der Waals surface area contributed by atoms with Crippen molar-refractivity contribution in [3.05, 3.63) is 66.1 Å². The topological polar surface area (TPSA) is 78.4 Å². The number of fused-ring (bicyclic) bond motifs is 1. The molecule has 1 aliphatic rings. The molecule has 0 saturated carbocycles. The van der Waals surface area contributed by atoms with Crippen molar-refractivity contribution < 1.29 is 9.59 Å². The van der Waals surface area contributed by atoms with Crippen LogP contribution in [0.2, 0.25) is 0 Å². The normalized spacial score (nSPS) is 16.6. The quantitative estimate of drug-likeness (QED) is 0.704. The molecule has 4 rings (SSSR count). The Labute approximate surface area is 182 Å². The zero-order valence-electron chi connectivity index (χ0n) is 17.9. The van der Waals surface area contributed by atoms with E-state index in [4.69, 9.17) is 0 Å². The third kappa shape index (κ3) is 4.35. The van der Waals surface area contributed by atoms with Crippen molar-refractivity contribution in [1.82, 2.24) is 19.8 Å². The molecule has 1 aromatic carbocycles. The molecule has 7 heteroatoms. The van der Waals surface area contributed by atoms with E-state index in [1.165, 1.54) is 0 Å². The number of anilines is 1. The third-order valence-corrected chi connectivity index (χ3v) is 5.99. The van der Waals surface area contributed by atoms with Crippen molar-refractivity contribution in [1.29, 1.82) is 0 Å². The summed E-state index contributed by atoms with van der Waals surface area (Å²) in [6.07, 6.45) is 5.77. The molecule has 31 heavy (non-hydrogen) atoms. The van der Waals surface area contributed by atoms with Gasteiger partial charge < -0.3 is 15.1 Å². The van der Waals surface area contributed by atoms with Crippen molar-refractivity contribution in [3.8, 4) is 0 Å². The van der Waals surface area contributed by atoms with Crippen molar-refractivity contribution in [3.63, 3.8) is 0 Å². The maximum Gasteiger partial charge on any atom is 0.273 e. The van der Waals surface area contributed by atoms with E-state index in [-0.39, 0.29) is 17.9 Å². The molecule has 0 bridgehead atoms. The van der Waals surface area contributed by atoms with Gasteiger partial charge in [0.05, 0.1) is 0 Å². The van der Waals surface area contributed by atoms with Gasteiger partial charge in [-0.2, -0.15) is 0 Å². The number of pyridine rings is 2. The second-order valence-electron chi connectivity index (χ2n) is 7.85. The van der Waals surface area contributed by atoms with E-state index in [0.717, 1.165) is 30.0 Å². The van der Waals surface area contributed by atoms with Crippen LogP contribution in [0.5, 0.6) is 0 Å². The van der Waals surface area contributed by atoms with Gasteiger partial charge in [-0.1, -0.05) is 24.3 Å². The Morgan fingerprint density at radius 1 is 1.06 bits per heavy atom. The van der Waals surface area contributed by atoms with Gasteiger partial charge in [-0.15, -0.1) is 0 Å². The van der Waals surface area contributed by atoms with Gasteiger partial charge in [0.2, 0.25) is 0 Å². The molecule has 160 valence electrons. The first-order chi connectivity index (χ1) is 15.1. The maximum atomic E-state index is 13.2. The number of hydrogen-bond acceptors (Lipinski definition) is 5. The molecule has 0 aliphatic carbocycles. The summed E-state index contributed by atoms with van der Waals surface area (Å²) in [5, 5.41) is 4.84. The van der Waals surface area contributed by atoms with Gasteiger partial charge >= 0.3 is 0 Å². The highest BCUT2D eigenvalue weighted by Crippen LogP contribution is 2.22. The lowest BCUT2D eigenvalue weighted by Gasteiger charge is -2.27. The van der Waals surface area contributed by atoms with Gasteiger partial charge in [-0.05, 0) is 42.8 Å². The van der Waals surface area contributed by atoms with Crippen molar-refractivity contribution >= 4 is 28.4 Å². The summed E-state index contributed by atoms with van der Waals surface area (Å²) in [6, 6.07) is 13.3. The predicted octanol–water partition coefficient (Wildman–Crippen LogP) is 3.44. The van der Waals surface area contributed by atoms with Crippen LogP contribution in [-0.2, 0) is 0 Å². The molecule has 7 nitrogen and oxygen atoms in total. The molecule has 1 saturated heterocycles. The van der Waals surface area contributed by atoms with E-state index in [1.54, 1.807) is 36.5 Å². The summed E-state index contributed by atoms with van der Waals surface area (Å²) in [5.74, 6) is 0.602. The minimum absolute atomic E-state index is 0.00393. The number of carbonyl (C=O) groups excluding carboxylic acids is 2. The van der Waals surface area contributed by atoms with Gasteiger partial charge in [0.1, 0.15) is 11.5 Å². The SMILES string of the molecule is CNc1cc(C(=O)N2CCCC(N(C)C(=O)c3nccc4ccccc34)CC2)ccn1. The monoisotopic (exact) mass is 417 g/mol. The lowest BCUT2D eigenvalue weighted by atomic mass is 10.1. The lowest BCUT2D eigenvalue weighted by Crippen LogP contribution is -2.39. The number of nitrogens with one attached hydrogen (secondary N) is 1. The first-order valence-electron chi connectivity index (χ1n) is 10.6. The average molecular weight is 418 g/mol. The fraction of sp³-hybridized carbons (Fsp3) is 0.333. The standard InChI is InChI=1S/C24H27N5O2/c1-25-21-16-18(10-12-26-21)23(30)29-14-5-7-19(11-15-29)28(2)24(31)22-20-8-4-3-6-17(20)9-13-27-22/h3-4,6,8-10,12-13,16,19H,5,7,11,14-15H2,1-2H3,(H,25,26). The number of hydrogen-bond donors (Lipinski definition) is 1. The van der Waals surface area contributed by atoms with E-state index < -0.39 is 0 Å². The molecule has 0 spiro atoms. The first-order valence-corrected chi connectivity index (χ1v) is 10.6. The molecule has 2 aromatic heterocycles. The first kappa shape index (κ1) is 20.8. The molecule has 3 heterocycles. The molecule has 1 unspecified atom stereocenters. The van der Waals surface area contributed by atoms with Crippen molar-refractivity contribution in [2.45, 2.75) is 25.3 Å². The Balaban J connectivity index is 1.46. The number of aromatic nitrogens is 2. The molecule has 2 amide bonds. The summed E-state index contributed by atoms with van der Waals surface area (Å²) < 4.78 is 0. The van der Waals surface area contributed by atoms with Crippen LogP contribution >= 0.6 is 0 Å². The summed E-state index contributed by atoms with van der Waals surface area (Å²) >= 11 is 0. The molecule has 3 aromatic rings. The van der Waals surface area contributed by atoms with Crippen LogP contribution < -0.4 is 5.32 Å². The zero-order chi connectivity index (χ0) is 21.8. The largest absolute Gasteiger partial charge is 0.373 e. The average Bonchev–Trinajstić information content (AvgIpc) is 3.08. The van der Waals surface area contributed by atoms with E-state index in [1.807, 2.05) is 42.3 Å². The van der Waals surface area contributed by atoms with E-state index in [9.17, 15) is 9.59 Å². The van der Waals surface area contributed by atoms with Crippen molar-refractivity contribution in [2.24, 2.45) is 0 Å². The fourth-order valence-electron chi connectivity index (χ4n) is 4.17. The second-order valence-corrected chi connectivity index (χ2v) is 7.85. The van der Waals surface area contributed by atoms with Crippen LogP contribution in [0.1, 0.15) is 40.1 Å². The second kappa shape index (κ2) is 9.12. The number of nitrogens with zero attached hydrogens (tertiary/aromatic N) is 4. The third-order valence-electron chi connectivity index (χ3n) is 5.99. The van der Waals surface area contributed by atoms with Gasteiger partial charge in [-0.3, -0.25) is 14.6 Å². The number of likely N-dealkylation sites (tertiary alicyclic amines) is 1. The van der Waals surface area contributed by atoms with Crippen LogP contribution in [-0.4, -0.2) is 64.8 Å². The Bertz CT molecular complexity index is 1090. The Kier molecular flexibility index (Phi) is 6.11. The van der Waals surface area contributed by atoms with E-state index in [0.29, 0.717) is 30.2 Å². The van der Waals surface area contributed by atoms with Crippen LogP contribution in [0, 0.1) is 0 Å². The fourth-order valence-corrected chi connectivity index (χ4v) is 4.17. The molecular weight excluding hydrogens is 390 g/mol. The number of carbonyl (C=O) groups is 2. The number of amides is 2. The van der Waals surface area contributed by atoms with Crippen LogP contribution in [0.25, 0.3) is 10.8 Å². The van der Waals surface area contributed by atoms with Gasteiger partial charge in [-0.25, -0.2) is 4.98 Å². The zero-order valence-corrected chi connectivity index (χ0v) is 17.9. The minimum atomic E-state index is -0.0747. The Morgan fingerprint density at radius 2 is 1.87 bits per heavy atom. The Morgan fingerprint density at radius 3 is 2.71 bits per heavy atom. The smallest absolute Gasteiger partial charge is 0.273 e. The van der Waals surface area contributed by atoms with Crippen LogP contribution in [0.4, 0.5) is 5.82 Å². The van der Waals surface area contributed by atoms with E-state index >= 15 is 0 Å². The maximum absolute atomic E-state index is 13.2. The highest BCUT2D eigenvalue weighted by molar-refractivity contribution is 6.05. The summed E-state index contributed by atoms with van der Waals surface area (Å²) in [7, 11) is 3.63. The van der Waals surface area contributed by atoms with Gasteiger partial charge in [0, 0.05) is 56.6 Å². The molecular formula is C24H27N5O2. The molecule has 1 N–H and O–H groups in total. The summed E-state index contributed by atoms with van der Waals surface area (Å²) in [5.41, 5.74) is 1.11. The Hall–Kier alpha value is -3.48.